The Kier molecular flexibility index (Phi) is 6.13. The summed E-state index contributed by atoms with van der Waals surface area (Å²) in [5.41, 5.74) is 0.376. The Morgan fingerprint density at radius 3 is 2.22 bits per heavy atom. The summed E-state index contributed by atoms with van der Waals surface area (Å²) in [7, 11) is 0. The van der Waals surface area contributed by atoms with Crippen molar-refractivity contribution in [3.8, 4) is 0 Å². The van der Waals surface area contributed by atoms with Gasteiger partial charge in [0.25, 0.3) is 0 Å². The molecule has 0 amide bonds. The molecule has 108 valence electrons. The zero-order chi connectivity index (χ0) is 13.8. The summed E-state index contributed by atoms with van der Waals surface area (Å²) in [6, 6.07) is 0.661. The first-order valence-corrected chi connectivity index (χ1v) is 7.88. The third-order valence-corrected chi connectivity index (χ3v) is 4.75. The van der Waals surface area contributed by atoms with Crippen molar-refractivity contribution in [2.24, 2.45) is 11.3 Å². The molecule has 3 atom stereocenters. The van der Waals surface area contributed by atoms with Gasteiger partial charge in [-0.25, -0.2) is 0 Å². The van der Waals surface area contributed by atoms with Gasteiger partial charge < -0.3 is 10.1 Å². The third kappa shape index (κ3) is 3.27. The fourth-order valence-corrected chi connectivity index (χ4v) is 3.67. The fourth-order valence-electron chi connectivity index (χ4n) is 3.67. The second-order valence-electron chi connectivity index (χ2n) is 6.35. The van der Waals surface area contributed by atoms with Gasteiger partial charge in [0.15, 0.2) is 0 Å². The van der Waals surface area contributed by atoms with Crippen molar-refractivity contribution in [2.75, 3.05) is 6.54 Å². The summed E-state index contributed by atoms with van der Waals surface area (Å²) in [5.74, 6) is 0.724. The number of hydrogen-bond acceptors (Lipinski definition) is 2. The Hall–Kier alpha value is -0.0800. The molecule has 1 fully saturated rings. The predicted molar refractivity (Wildman–Crippen MR) is 78.9 cm³/mol. The fraction of sp³-hybridized carbons (Fsp3) is 1.00. The third-order valence-electron chi connectivity index (χ3n) is 4.75. The van der Waals surface area contributed by atoms with E-state index in [1.165, 1.54) is 25.7 Å². The predicted octanol–water partition coefficient (Wildman–Crippen LogP) is 3.99. The van der Waals surface area contributed by atoms with Crippen LogP contribution < -0.4 is 5.32 Å². The van der Waals surface area contributed by atoms with Gasteiger partial charge in [-0.2, -0.15) is 0 Å². The monoisotopic (exact) mass is 255 g/mol. The topological polar surface area (TPSA) is 21.3 Å². The minimum atomic E-state index is 0.376. The number of nitrogens with one attached hydrogen (secondary N) is 1. The van der Waals surface area contributed by atoms with Crippen molar-refractivity contribution in [3.63, 3.8) is 0 Å². The van der Waals surface area contributed by atoms with Crippen molar-refractivity contribution in [3.05, 3.63) is 0 Å². The van der Waals surface area contributed by atoms with E-state index in [0.29, 0.717) is 23.7 Å². The smallest absolute Gasteiger partial charge is 0.0664 e. The summed E-state index contributed by atoms with van der Waals surface area (Å²) >= 11 is 0. The lowest BCUT2D eigenvalue weighted by Gasteiger charge is -2.56. The van der Waals surface area contributed by atoms with Crippen LogP contribution in [0.5, 0.6) is 0 Å². The van der Waals surface area contributed by atoms with E-state index in [0.717, 1.165) is 12.5 Å². The van der Waals surface area contributed by atoms with Gasteiger partial charge in [-0.15, -0.1) is 0 Å². The highest BCUT2D eigenvalue weighted by atomic mass is 16.5. The molecule has 1 aliphatic carbocycles. The normalized spacial score (nSPS) is 28.2. The molecule has 2 heteroatoms. The van der Waals surface area contributed by atoms with Crippen LogP contribution in [0.1, 0.15) is 67.2 Å². The van der Waals surface area contributed by atoms with Gasteiger partial charge in [-0.1, -0.05) is 34.6 Å². The molecule has 1 aliphatic rings. The quantitative estimate of drug-likeness (QED) is 0.708. The van der Waals surface area contributed by atoms with Gasteiger partial charge in [0.1, 0.15) is 0 Å². The van der Waals surface area contributed by atoms with E-state index in [1.54, 1.807) is 0 Å². The summed E-state index contributed by atoms with van der Waals surface area (Å²) < 4.78 is 6.33. The molecule has 18 heavy (non-hydrogen) atoms. The highest BCUT2D eigenvalue weighted by Gasteiger charge is 2.53. The highest BCUT2D eigenvalue weighted by molar-refractivity contribution is 5.06. The van der Waals surface area contributed by atoms with Crippen molar-refractivity contribution < 1.29 is 4.74 Å². The number of ether oxygens (including phenoxy) is 1. The molecule has 0 aliphatic heterocycles. The van der Waals surface area contributed by atoms with Crippen molar-refractivity contribution in [1.82, 2.24) is 5.32 Å². The van der Waals surface area contributed by atoms with Crippen LogP contribution in [0.4, 0.5) is 0 Å². The average Bonchev–Trinajstić information content (AvgIpc) is 2.28. The van der Waals surface area contributed by atoms with Crippen molar-refractivity contribution >= 4 is 0 Å². The first-order chi connectivity index (χ1) is 8.50. The van der Waals surface area contributed by atoms with Gasteiger partial charge in [0.05, 0.1) is 12.2 Å². The SMILES string of the molecule is CCNC1CC(OC(C)CC(C)C)C1(CC)CC. The Balaban J connectivity index is 2.56. The summed E-state index contributed by atoms with van der Waals surface area (Å²) in [4.78, 5) is 0. The number of rotatable bonds is 8. The molecule has 0 aromatic rings. The minimum Gasteiger partial charge on any atom is -0.375 e. The molecular weight excluding hydrogens is 222 g/mol. The molecule has 0 radical (unpaired) electrons. The van der Waals surface area contributed by atoms with Crippen LogP contribution in [0, 0.1) is 11.3 Å². The Morgan fingerprint density at radius 1 is 1.17 bits per heavy atom. The molecular formula is C16H33NO. The minimum absolute atomic E-state index is 0.376. The van der Waals surface area contributed by atoms with Crippen LogP contribution >= 0.6 is 0 Å². The molecule has 1 rings (SSSR count). The maximum Gasteiger partial charge on any atom is 0.0664 e. The van der Waals surface area contributed by atoms with Gasteiger partial charge in [0.2, 0.25) is 0 Å². The molecule has 1 saturated carbocycles. The first kappa shape index (κ1) is 16.0. The maximum atomic E-state index is 6.33. The Labute approximate surface area is 114 Å². The standard InChI is InChI=1S/C16H33NO/c1-7-16(8-2)14(17-9-3)11-15(16)18-13(6)10-12(4)5/h12-15,17H,7-11H2,1-6H3. The van der Waals surface area contributed by atoms with Crippen molar-refractivity contribution in [1.29, 1.82) is 0 Å². The van der Waals surface area contributed by atoms with E-state index in [4.69, 9.17) is 4.74 Å². The van der Waals surface area contributed by atoms with E-state index in [1.807, 2.05) is 0 Å². The zero-order valence-corrected chi connectivity index (χ0v) is 13.3. The largest absolute Gasteiger partial charge is 0.375 e. The molecule has 2 nitrogen and oxygen atoms in total. The summed E-state index contributed by atoms with van der Waals surface area (Å²) in [6.07, 6.45) is 5.67. The molecule has 0 saturated heterocycles. The van der Waals surface area contributed by atoms with Gasteiger partial charge in [-0.05, 0) is 45.1 Å². The number of hydrogen-bond donors (Lipinski definition) is 1. The lowest BCUT2D eigenvalue weighted by Crippen LogP contribution is -2.63. The lowest BCUT2D eigenvalue weighted by atomic mass is 9.58. The highest BCUT2D eigenvalue weighted by Crippen LogP contribution is 2.49. The van der Waals surface area contributed by atoms with Gasteiger partial charge in [-0.3, -0.25) is 0 Å². The molecule has 0 bridgehead atoms. The molecule has 0 spiro atoms. The van der Waals surface area contributed by atoms with Crippen molar-refractivity contribution in [2.45, 2.75) is 85.5 Å². The molecule has 0 aromatic carbocycles. The maximum absolute atomic E-state index is 6.33. The van der Waals surface area contributed by atoms with Gasteiger partial charge >= 0.3 is 0 Å². The molecule has 1 N–H and O–H groups in total. The average molecular weight is 255 g/mol. The molecule has 0 heterocycles. The van der Waals surface area contributed by atoms with Crippen LogP contribution in [-0.4, -0.2) is 24.8 Å². The van der Waals surface area contributed by atoms with E-state index in [9.17, 15) is 0 Å². The van der Waals surface area contributed by atoms with Crippen LogP contribution in [0.15, 0.2) is 0 Å². The van der Waals surface area contributed by atoms with Crippen LogP contribution in [0.3, 0.4) is 0 Å². The van der Waals surface area contributed by atoms with E-state index >= 15 is 0 Å². The van der Waals surface area contributed by atoms with E-state index in [-0.39, 0.29) is 0 Å². The first-order valence-electron chi connectivity index (χ1n) is 7.88. The molecule has 0 aromatic heterocycles. The van der Waals surface area contributed by atoms with E-state index < -0.39 is 0 Å². The summed E-state index contributed by atoms with van der Waals surface area (Å²) in [5, 5.41) is 3.64. The van der Waals surface area contributed by atoms with E-state index in [2.05, 4.69) is 46.9 Å². The molecule has 3 unspecified atom stereocenters. The van der Waals surface area contributed by atoms with Crippen LogP contribution in [0.25, 0.3) is 0 Å². The Morgan fingerprint density at radius 2 is 1.78 bits per heavy atom. The van der Waals surface area contributed by atoms with Gasteiger partial charge in [0, 0.05) is 11.5 Å². The lowest BCUT2D eigenvalue weighted by molar-refractivity contribution is -0.165. The summed E-state index contributed by atoms with van der Waals surface area (Å²) in [6.45, 7) is 14.7. The van der Waals surface area contributed by atoms with Crippen LogP contribution in [-0.2, 0) is 4.74 Å². The second kappa shape index (κ2) is 6.91. The Bertz CT molecular complexity index is 235. The van der Waals surface area contributed by atoms with Crippen LogP contribution in [0.2, 0.25) is 0 Å². The second-order valence-corrected chi connectivity index (χ2v) is 6.35. The zero-order valence-electron chi connectivity index (χ0n) is 13.3.